The number of methoxy groups -OCH3 is 1. The van der Waals surface area contributed by atoms with Gasteiger partial charge in [-0.15, -0.1) is 4.73 Å². The smallest absolute Gasteiger partial charge is 0.343 e. The fourth-order valence-corrected chi connectivity index (χ4v) is 3.29. The summed E-state index contributed by atoms with van der Waals surface area (Å²) in [6, 6.07) is 2.65. The van der Waals surface area contributed by atoms with Crippen molar-refractivity contribution in [1.29, 1.82) is 0 Å². The zero-order valence-electron chi connectivity index (χ0n) is 13.4. The number of thiocarbonyl (C=S) groups is 1. The van der Waals surface area contributed by atoms with E-state index in [2.05, 4.69) is 4.74 Å². The van der Waals surface area contributed by atoms with E-state index in [0.717, 1.165) is 11.2 Å². The van der Waals surface area contributed by atoms with Gasteiger partial charge in [0.25, 0.3) is 11.5 Å². The average Bonchev–Trinajstić information content (AvgIpc) is 3.01. The largest absolute Gasteiger partial charge is 0.465 e. The van der Waals surface area contributed by atoms with E-state index in [1.807, 2.05) is 6.92 Å². The monoisotopic (exact) mass is 370 g/mol. The molecule has 0 aromatic carbocycles. The van der Waals surface area contributed by atoms with Crippen LogP contribution in [-0.4, -0.2) is 51.8 Å². The first kappa shape index (κ1) is 18.5. The summed E-state index contributed by atoms with van der Waals surface area (Å²) in [6.07, 6.45) is 1.57. The summed E-state index contributed by atoms with van der Waals surface area (Å²) in [7, 11) is 1.18. The van der Waals surface area contributed by atoms with Gasteiger partial charge in [0.15, 0.2) is 0 Å². The molecular formula is C15H18N2O5S2. The topological polar surface area (TPSA) is 77.8 Å². The molecule has 0 unspecified atom stereocenters. The van der Waals surface area contributed by atoms with E-state index >= 15 is 0 Å². The van der Waals surface area contributed by atoms with Gasteiger partial charge in [0.05, 0.1) is 7.11 Å². The molecule has 0 bridgehead atoms. The molecule has 2 heterocycles. The Morgan fingerprint density at radius 1 is 1.38 bits per heavy atom. The first-order valence-corrected chi connectivity index (χ1v) is 8.87. The highest BCUT2D eigenvalue weighted by Gasteiger charge is 2.29. The van der Waals surface area contributed by atoms with Crippen LogP contribution in [0.3, 0.4) is 0 Å². The summed E-state index contributed by atoms with van der Waals surface area (Å²) in [4.78, 5) is 43.8. The first-order chi connectivity index (χ1) is 11.5. The van der Waals surface area contributed by atoms with Crippen LogP contribution >= 0.6 is 24.0 Å². The Hall–Kier alpha value is -1.87. The number of ether oxygens (including phenoxy) is 1. The second-order valence-corrected chi connectivity index (χ2v) is 6.71. The van der Waals surface area contributed by atoms with Crippen molar-refractivity contribution >= 4 is 40.2 Å². The van der Waals surface area contributed by atoms with Gasteiger partial charge < -0.3 is 9.57 Å². The Labute approximate surface area is 148 Å². The predicted molar refractivity (Wildman–Crippen MR) is 94.5 cm³/mol. The maximum atomic E-state index is 12.7. The van der Waals surface area contributed by atoms with Crippen molar-refractivity contribution in [3.63, 3.8) is 0 Å². The molecule has 1 aliphatic heterocycles. The molecule has 1 aliphatic rings. The molecule has 130 valence electrons. The Bertz CT molecular complexity index is 716. The normalized spacial score (nSPS) is 13.9. The predicted octanol–water partition coefficient (Wildman–Crippen LogP) is 1.34. The van der Waals surface area contributed by atoms with Gasteiger partial charge in [-0.1, -0.05) is 37.3 Å². The van der Waals surface area contributed by atoms with Crippen LogP contribution in [0, 0.1) is 0 Å². The lowest BCUT2D eigenvalue weighted by Gasteiger charge is -2.18. The highest BCUT2D eigenvalue weighted by molar-refractivity contribution is 8.23. The van der Waals surface area contributed by atoms with E-state index in [-0.39, 0.29) is 17.9 Å². The number of hydrogen-bond acceptors (Lipinski definition) is 7. The van der Waals surface area contributed by atoms with E-state index in [1.54, 1.807) is 0 Å². The van der Waals surface area contributed by atoms with Crippen molar-refractivity contribution in [3.05, 3.63) is 33.7 Å². The van der Waals surface area contributed by atoms with Crippen molar-refractivity contribution in [3.8, 4) is 0 Å². The Kier molecular flexibility index (Phi) is 6.38. The second-order valence-electron chi connectivity index (χ2n) is 4.98. The summed E-state index contributed by atoms with van der Waals surface area (Å²) in [5.74, 6) is -0.486. The van der Waals surface area contributed by atoms with Crippen LogP contribution in [0.1, 0.15) is 40.6 Å². The molecule has 0 saturated carbocycles. The van der Waals surface area contributed by atoms with Crippen LogP contribution in [-0.2, 0) is 4.74 Å². The summed E-state index contributed by atoms with van der Waals surface area (Å²) in [6.45, 7) is 2.70. The fourth-order valence-electron chi connectivity index (χ4n) is 2.09. The van der Waals surface area contributed by atoms with Gasteiger partial charge in [-0.05, 0) is 18.6 Å². The molecule has 24 heavy (non-hydrogen) atoms. The van der Waals surface area contributed by atoms with Gasteiger partial charge in [-0.2, -0.15) is 0 Å². The third-order valence-electron chi connectivity index (χ3n) is 3.39. The standard InChI is InChI=1S/C15H18N2O5S2/c1-3-4-8-22-17-11(13(19)16-7-9-24-15(16)23)6-5-10(12(17)18)14(20)21-2/h5-6H,3-4,7-9H2,1-2H3. The SMILES string of the molecule is CCCCOn1c(C(=O)N2CCSC2=S)ccc(C(=O)OC)c1=O. The summed E-state index contributed by atoms with van der Waals surface area (Å²) in [5, 5.41) is 0. The van der Waals surface area contributed by atoms with E-state index in [9.17, 15) is 14.4 Å². The average molecular weight is 370 g/mol. The highest BCUT2D eigenvalue weighted by atomic mass is 32.2. The van der Waals surface area contributed by atoms with E-state index < -0.39 is 17.4 Å². The molecule has 2 rings (SSSR count). The van der Waals surface area contributed by atoms with Crippen molar-refractivity contribution in [2.45, 2.75) is 19.8 Å². The highest BCUT2D eigenvalue weighted by Crippen LogP contribution is 2.20. The number of rotatable bonds is 6. The molecule has 0 atom stereocenters. The van der Waals surface area contributed by atoms with Crippen molar-refractivity contribution in [1.82, 2.24) is 9.63 Å². The number of aromatic nitrogens is 1. The molecule has 1 amide bonds. The van der Waals surface area contributed by atoms with Crippen LogP contribution in [0.25, 0.3) is 0 Å². The van der Waals surface area contributed by atoms with E-state index in [0.29, 0.717) is 23.0 Å². The van der Waals surface area contributed by atoms with Gasteiger partial charge in [0.2, 0.25) is 0 Å². The number of thioether (sulfide) groups is 1. The Morgan fingerprint density at radius 2 is 2.12 bits per heavy atom. The zero-order chi connectivity index (χ0) is 17.7. The van der Waals surface area contributed by atoms with E-state index in [4.69, 9.17) is 17.1 Å². The lowest BCUT2D eigenvalue weighted by Crippen LogP contribution is -2.40. The van der Waals surface area contributed by atoms with Crippen LogP contribution in [0.4, 0.5) is 0 Å². The number of amides is 1. The zero-order valence-corrected chi connectivity index (χ0v) is 15.1. The second kappa shape index (κ2) is 8.29. The minimum Gasteiger partial charge on any atom is -0.465 e. The summed E-state index contributed by atoms with van der Waals surface area (Å²) >= 11 is 6.56. The maximum Gasteiger partial charge on any atom is 0.343 e. The Balaban J connectivity index is 2.43. The van der Waals surface area contributed by atoms with Crippen LogP contribution in [0.5, 0.6) is 0 Å². The molecule has 9 heteroatoms. The number of hydrogen-bond donors (Lipinski definition) is 0. The number of carbonyl (C=O) groups is 2. The molecule has 1 saturated heterocycles. The number of esters is 1. The molecular weight excluding hydrogens is 352 g/mol. The summed E-state index contributed by atoms with van der Waals surface area (Å²) < 4.78 is 5.92. The van der Waals surface area contributed by atoms with E-state index in [1.165, 1.54) is 35.9 Å². The maximum absolute atomic E-state index is 12.7. The third kappa shape index (κ3) is 3.78. The molecule has 0 spiro atoms. The number of pyridine rings is 1. The minimum absolute atomic E-state index is 0.0357. The number of unbranched alkanes of at least 4 members (excludes halogenated alkanes) is 1. The fraction of sp³-hybridized carbons (Fsp3) is 0.467. The molecule has 0 N–H and O–H groups in total. The third-order valence-corrected chi connectivity index (χ3v) is 4.82. The van der Waals surface area contributed by atoms with Gasteiger partial charge in [-0.3, -0.25) is 14.5 Å². The van der Waals surface area contributed by atoms with Gasteiger partial charge in [0.1, 0.15) is 22.2 Å². The molecule has 1 aromatic heterocycles. The van der Waals surface area contributed by atoms with Crippen molar-refractivity contribution in [2.75, 3.05) is 26.0 Å². The quantitative estimate of drug-likeness (QED) is 0.425. The lowest BCUT2D eigenvalue weighted by atomic mass is 10.2. The van der Waals surface area contributed by atoms with Crippen molar-refractivity contribution in [2.24, 2.45) is 0 Å². The van der Waals surface area contributed by atoms with Crippen LogP contribution < -0.4 is 10.4 Å². The first-order valence-electron chi connectivity index (χ1n) is 7.47. The minimum atomic E-state index is -0.779. The molecule has 7 nitrogen and oxygen atoms in total. The van der Waals surface area contributed by atoms with Gasteiger partial charge >= 0.3 is 5.97 Å². The molecule has 1 aromatic rings. The van der Waals surface area contributed by atoms with Crippen molar-refractivity contribution < 1.29 is 19.2 Å². The summed E-state index contributed by atoms with van der Waals surface area (Å²) in [5.41, 5.74) is -0.876. The molecule has 0 aliphatic carbocycles. The van der Waals surface area contributed by atoms with Gasteiger partial charge in [-0.25, -0.2) is 4.79 Å². The Morgan fingerprint density at radius 3 is 2.71 bits per heavy atom. The van der Waals surface area contributed by atoms with Crippen LogP contribution in [0.15, 0.2) is 16.9 Å². The van der Waals surface area contributed by atoms with Gasteiger partial charge in [0, 0.05) is 12.3 Å². The number of nitrogens with zero attached hydrogens (tertiary/aromatic N) is 2. The van der Waals surface area contributed by atoms with Crippen LogP contribution in [0.2, 0.25) is 0 Å². The number of carbonyl (C=O) groups excluding carboxylic acids is 2. The molecule has 0 radical (unpaired) electrons. The lowest BCUT2D eigenvalue weighted by molar-refractivity contribution is 0.0567. The molecule has 1 fully saturated rings.